The lowest BCUT2D eigenvalue weighted by atomic mass is 10.1. The maximum atomic E-state index is 11.7. The van der Waals surface area contributed by atoms with Gasteiger partial charge in [-0.3, -0.25) is 9.59 Å². The average Bonchev–Trinajstić information content (AvgIpc) is 2.91. The number of aryl methyl sites for hydroxylation is 2. The average molecular weight is 339 g/mol. The van der Waals surface area contributed by atoms with Gasteiger partial charge in [-0.1, -0.05) is 24.3 Å². The summed E-state index contributed by atoms with van der Waals surface area (Å²) in [5.41, 5.74) is 8.61. The molecule has 0 unspecified atom stereocenters. The molecular formula is C18H17N3O2S. The third-order valence-corrected chi connectivity index (χ3v) is 4.61. The summed E-state index contributed by atoms with van der Waals surface area (Å²) < 4.78 is 0. The Bertz CT molecular complexity index is 817. The first kappa shape index (κ1) is 16.5. The lowest BCUT2D eigenvalue weighted by molar-refractivity contribution is -0.119. The molecule has 3 rings (SSSR count). The molecule has 1 fully saturated rings. The summed E-state index contributed by atoms with van der Waals surface area (Å²) in [5.74, 6) is 0.577. The summed E-state index contributed by atoms with van der Waals surface area (Å²) in [6, 6.07) is 9.89. The van der Waals surface area contributed by atoms with E-state index in [4.69, 9.17) is 5.73 Å². The van der Waals surface area contributed by atoms with Gasteiger partial charge >= 0.3 is 0 Å². The molecule has 6 heteroatoms. The predicted octanol–water partition coefficient (Wildman–Crippen LogP) is 2.29. The van der Waals surface area contributed by atoms with Gasteiger partial charge in [-0.05, 0) is 41.5 Å². The van der Waals surface area contributed by atoms with Crippen molar-refractivity contribution in [2.75, 3.05) is 0 Å². The second kappa shape index (κ2) is 7.51. The number of hydrogen-bond acceptors (Lipinski definition) is 6. The molecule has 2 N–H and O–H groups in total. The maximum Gasteiger partial charge on any atom is 0.201 e. The van der Waals surface area contributed by atoms with Crippen LogP contribution in [-0.2, 0) is 29.0 Å². The predicted molar refractivity (Wildman–Crippen MR) is 94.0 cm³/mol. The molecule has 122 valence electrons. The number of rotatable bonds is 5. The first-order valence-corrected chi connectivity index (χ1v) is 8.51. The Balaban J connectivity index is 1.70. The lowest BCUT2D eigenvalue weighted by Crippen LogP contribution is -2.01. The molecule has 1 aliphatic heterocycles. The zero-order chi connectivity index (χ0) is 16.9. The van der Waals surface area contributed by atoms with Crippen LogP contribution in [0.5, 0.6) is 0 Å². The zero-order valence-electron chi connectivity index (χ0n) is 13.1. The molecule has 0 aliphatic carbocycles. The second-order valence-corrected chi connectivity index (χ2v) is 6.60. The molecule has 1 saturated heterocycles. The van der Waals surface area contributed by atoms with Crippen LogP contribution in [0.4, 0.5) is 0 Å². The standard InChI is InChI=1S/C18H17N3O2S/c19-11-13-3-1-2-12(8-13)4-5-17-20-7-6-14(21-17)9-16-15(22)10-18(23)24-16/h1-3,6-9H,4-5,10-11,19H2/b16-9-. The van der Waals surface area contributed by atoms with Crippen LogP contribution >= 0.6 is 11.8 Å². The van der Waals surface area contributed by atoms with E-state index in [1.807, 2.05) is 12.1 Å². The first-order chi connectivity index (χ1) is 11.6. The fourth-order valence-electron chi connectivity index (χ4n) is 2.46. The summed E-state index contributed by atoms with van der Waals surface area (Å²) >= 11 is 0.989. The molecule has 0 radical (unpaired) electrons. The molecule has 0 bridgehead atoms. The van der Waals surface area contributed by atoms with Gasteiger partial charge in [-0.2, -0.15) is 0 Å². The van der Waals surface area contributed by atoms with E-state index in [1.165, 1.54) is 5.56 Å². The summed E-state index contributed by atoms with van der Waals surface area (Å²) in [7, 11) is 0. The van der Waals surface area contributed by atoms with E-state index in [9.17, 15) is 9.59 Å². The summed E-state index contributed by atoms with van der Waals surface area (Å²) in [6.45, 7) is 0.526. The van der Waals surface area contributed by atoms with E-state index in [1.54, 1.807) is 18.3 Å². The van der Waals surface area contributed by atoms with Crippen molar-refractivity contribution in [3.63, 3.8) is 0 Å². The first-order valence-electron chi connectivity index (χ1n) is 7.69. The highest BCUT2D eigenvalue weighted by atomic mass is 32.2. The van der Waals surface area contributed by atoms with Crippen LogP contribution in [0.15, 0.2) is 41.4 Å². The van der Waals surface area contributed by atoms with E-state index in [-0.39, 0.29) is 17.3 Å². The number of Topliss-reactive ketones (excluding diaryl/α,β-unsaturated/α-hetero) is 1. The van der Waals surface area contributed by atoms with Gasteiger partial charge in [0.25, 0.3) is 0 Å². The van der Waals surface area contributed by atoms with Crippen LogP contribution in [0.2, 0.25) is 0 Å². The number of aromatic nitrogens is 2. The number of allylic oxidation sites excluding steroid dienone is 1. The van der Waals surface area contributed by atoms with Crippen molar-refractivity contribution < 1.29 is 9.59 Å². The molecule has 1 aliphatic rings. The van der Waals surface area contributed by atoms with Gasteiger partial charge in [-0.25, -0.2) is 9.97 Å². The number of nitrogens with two attached hydrogens (primary N) is 1. The number of ketones is 1. The largest absolute Gasteiger partial charge is 0.326 e. The minimum absolute atomic E-state index is 0.0219. The van der Waals surface area contributed by atoms with E-state index in [0.717, 1.165) is 23.7 Å². The molecule has 1 aromatic heterocycles. The highest BCUT2D eigenvalue weighted by molar-refractivity contribution is 8.18. The molecule has 0 spiro atoms. The Hall–Kier alpha value is -2.31. The van der Waals surface area contributed by atoms with Crippen molar-refractivity contribution in [3.05, 3.63) is 64.1 Å². The van der Waals surface area contributed by atoms with Crippen LogP contribution in [0.3, 0.4) is 0 Å². The Morgan fingerprint density at radius 1 is 1.17 bits per heavy atom. The topological polar surface area (TPSA) is 85.9 Å². The monoisotopic (exact) mass is 339 g/mol. The summed E-state index contributed by atoms with van der Waals surface area (Å²) in [6.07, 6.45) is 4.84. The molecule has 2 heterocycles. The fourth-order valence-corrected chi connectivity index (χ4v) is 3.28. The van der Waals surface area contributed by atoms with E-state index in [2.05, 4.69) is 22.1 Å². The third-order valence-electron chi connectivity index (χ3n) is 3.67. The van der Waals surface area contributed by atoms with Gasteiger partial charge in [0.15, 0.2) is 5.78 Å². The second-order valence-electron chi connectivity index (χ2n) is 5.50. The Kier molecular flexibility index (Phi) is 5.17. The molecule has 1 aromatic carbocycles. The maximum absolute atomic E-state index is 11.7. The minimum atomic E-state index is -0.135. The van der Waals surface area contributed by atoms with Crippen molar-refractivity contribution in [1.29, 1.82) is 0 Å². The van der Waals surface area contributed by atoms with Crippen LogP contribution < -0.4 is 5.73 Å². The van der Waals surface area contributed by atoms with E-state index < -0.39 is 0 Å². The van der Waals surface area contributed by atoms with Crippen molar-refractivity contribution in [2.45, 2.75) is 25.8 Å². The van der Waals surface area contributed by atoms with Gasteiger partial charge in [0.2, 0.25) is 5.12 Å². The normalized spacial score (nSPS) is 16.1. The quantitative estimate of drug-likeness (QED) is 0.664. The summed E-state index contributed by atoms with van der Waals surface area (Å²) in [4.78, 5) is 32.2. The molecule has 0 amide bonds. The fraction of sp³-hybridized carbons (Fsp3) is 0.222. The van der Waals surface area contributed by atoms with Crippen molar-refractivity contribution in [1.82, 2.24) is 9.97 Å². The highest BCUT2D eigenvalue weighted by Crippen LogP contribution is 2.30. The minimum Gasteiger partial charge on any atom is -0.326 e. The van der Waals surface area contributed by atoms with Crippen molar-refractivity contribution >= 4 is 28.7 Å². The SMILES string of the molecule is NCc1cccc(CCc2nccc(/C=C3\SC(=O)CC3=O)n2)c1. The Morgan fingerprint density at radius 2 is 2.00 bits per heavy atom. The van der Waals surface area contributed by atoms with Gasteiger partial charge in [0.1, 0.15) is 5.82 Å². The van der Waals surface area contributed by atoms with Crippen LogP contribution in [0, 0.1) is 0 Å². The van der Waals surface area contributed by atoms with Crippen LogP contribution in [0.25, 0.3) is 6.08 Å². The zero-order valence-corrected chi connectivity index (χ0v) is 13.9. The molecule has 24 heavy (non-hydrogen) atoms. The molecule has 5 nitrogen and oxygen atoms in total. The smallest absolute Gasteiger partial charge is 0.201 e. The third kappa shape index (κ3) is 4.15. The Morgan fingerprint density at radius 3 is 2.75 bits per heavy atom. The number of carbonyl (C=O) groups excluding carboxylic acids is 2. The molecule has 0 saturated carbocycles. The van der Waals surface area contributed by atoms with E-state index in [0.29, 0.717) is 29.4 Å². The number of thioether (sulfide) groups is 1. The number of carbonyl (C=O) groups is 2. The van der Waals surface area contributed by atoms with Gasteiger partial charge in [0.05, 0.1) is 17.0 Å². The lowest BCUT2D eigenvalue weighted by Gasteiger charge is -2.04. The van der Waals surface area contributed by atoms with Crippen molar-refractivity contribution in [3.8, 4) is 0 Å². The molecule has 2 aromatic rings. The van der Waals surface area contributed by atoms with Crippen LogP contribution in [0.1, 0.15) is 29.1 Å². The number of nitrogens with zero attached hydrogens (tertiary/aromatic N) is 2. The van der Waals surface area contributed by atoms with Crippen LogP contribution in [-0.4, -0.2) is 20.9 Å². The van der Waals surface area contributed by atoms with Gasteiger partial charge in [0, 0.05) is 19.2 Å². The Labute approximate surface area is 144 Å². The van der Waals surface area contributed by atoms with Gasteiger partial charge in [-0.15, -0.1) is 0 Å². The van der Waals surface area contributed by atoms with E-state index >= 15 is 0 Å². The molecule has 0 atom stereocenters. The highest BCUT2D eigenvalue weighted by Gasteiger charge is 2.25. The number of hydrogen-bond donors (Lipinski definition) is 1. The number of benzene rings is 1. The summed E-state index contributed by atoms with van der Waals surface area (Å²) in [5, 5.41) is -0.111. The van der Waals surface area contributed by atoms with Crippen molar-refractivity contribution in [2.24, 2.45) is 5.73 Å². The van der Waals surface area contributed by atoms with Gasteiger partial charge < -0.3 is 5.73 Å². The molecular weight excluding hydrogens is 322 g/mol.